The predicted octanol–water partition coefficient (Wildman–Crippen LogP) is -2.63. The van der Waals surface area contributed by atoms with Crippen LogP contribution in [0, 0.1) is 0 Å². The number of ether oxygens (including phenoxy) is 7. The Hall–Kier alpha value is -5.64. The number of aromatic hydroxyl groups is 4. The third-order valence-electron chi connectivity index (χ3n) is 10.6. The maximum atomic E-state index is 14.4. The van der Waals surface area contributed by atoms with Gasteiger partial charge in [0.25, 0.3) is 0 Å². The Kier molecular flexibility index (Phi) is 13.9. The van der Waals surface area contributed by atoms with Crippen molar-refractivity contribution in [1.29, 1.82) is 0 Å². The van der Waals surface area contributed by atoms with E-state index in [1.165, 1.54) is 36.4 Å². The predicted molar refractivity (Wildman–Crippen MR) is 209 cm³/mol. The van der Waals surface area contributed by atoms with E-state index in [4.69, 9.17) is 37.6 Å². The minimum Gasteiger partial charge on any atom is -0.508 e. The lowest BCUT2D eigenvalue weighted by molar-refractivity contribution is -0.345. The largest absolute Gasteiger partial charge is 0.508 e. The van der Waals surface area contributed by atoms with Gasteiger partial charge in [-0.3, -0.25) is 4.79 Å². The summed E-state index contributed by atoms with van der Waals surface area (Å²) in [6.45, 7) is -2.33. The summed E-state index contributed by atoms with van der Waals surface area (Å²) in [5.41, 5.74) is -1.33. The zero-order valence-electron chi connectivity index (χ0n) is 33.0. The first-order valence-electron chi connectivity index (χ1n) is 19.4. The van der Waals surface area contributed by atoms with Crippen LogP contribution in [0.2, 0.25) is 0 Å². The summed E-state index contributed by atoms with van der Waals surface area (Å²) in [5, 5.41) is 135. The molecular weight excluding hydrogens is 860 g/mol. The Morgan fingerprint density at radius 2 is 1.36 bits per heavy atom. The Balaban J connectivity index is 1.25. The van der Waals surface area contributed by atoms with Crippen LogP contribution >= 0.6 is 0 Å². The molecule has 14 atom stereocenters. The molecule has 23 nitrogen and oxygen atoms in total. The molecule has 3 aliphatic rings. The van der Waals surface area contributed by atoms with Gasteiger partial charge >= 0.3 is 5.97 Å². The van der Waals surface area contributed by atoms with Crippen molar-refractivity contribution in [2.24, 2.45) is 0 Å². The van der Waals surface area contributed by atoms with Crippen molar-refractivity contribution in [3.05, 3.63) is 76.5 Å². The highest BCUT2D eigenvalue weighted by Crippen LogP contribution is 2.41. The first-order valence-corrected chi connectivity index (χ1v) is 19.4. The number of carbonyl (C=O) groups is 1. The molecule has 7 rings (SSSR count). The fraction of sp³-hybridized carbons (Fsp3) is 0.415. The SMILES string of the molecule is O=C(C=Cc1ccc(O)cc1)OC1C(OC2C(Oc3c(-c4ccc(O)c(O)c4)oc4cc(OC5OC(CO)C(O)C(O)C5O)cc(O)c4c3=O)OC(CO)C(O)C2O)OCC(O)C1O. The van der Waals surface area contributed by atoms with Gasteiger partial charge in [0.2, 0.25) is 23.8 Å². The van der Waals surface area contributed by atoms with Crippen molar-refractivity contribution >= 4 is 23.0 Å². The second-order valence-electron chi connectivity index (χ2n) is 14.9. The zero-order chi connectivity index (χ0) is 46.1. The third-order valence-corrected chi connectivity index (χ3v) is 10.6. The molecule has 4 aromatic rings. The number of hydrogen-bond donors (Lipinski definition) is 13. The van der Waals surface area contributed by atoms with Gasteiger partial charge in [0, 0.05) is 23.8 Å². The molecule has 0 bridgehead atoms. The molecule has 1 aromatic heterocycles. The highest BCUT2D eigenvalue weighted by atomic mass is 16.8. The second-order valence-corrected chi connectivity index (χ2v) is 14.9. The first-order chi connectivity index (χ1) is 30.5. The van der Waals surface area contributed by atoms with E-state index in [-0.39, 0.29) is 17.1 Å². The number of fused-ring (bicyclic) bond motifs is 1. The quantitative estimate of drug-likeness (QED) is 0.0393. The fourth-order valence-electron chi connectivity index (χ4n) is 7.09. The highest BCUT2D eigenvalue weighted by molar-refractivity contribution is 5.89. The summed E-state index contributed by atoms with van der Waals surface area (Å²) >= 11 is 0. The van der Waals surface area contributed by atoms with Gasteiger partial charge in [-0.2, -0.15) is 0 Å². The van der Waals surface area contributed by atoms with Crippen molar-refractivity contribution in [3.8, 4) is 45.8 Å². The lowest BCUT2D eigenvalue weighted by atomic mass is 9.98. The first kappa shape index (κ1) is 46.4. The van der Waals surface area contributed by atoms with Crippen LogP contribution < -0.4 is 14.9 Å². The summed E-state index contributed by atoms with van der Waals surface area (Å²) in [6.07, 6.45) is -23.1. The molecule has 3 aliphatic heterocycles. The monoisotopic (exact) mass is 904 g/mol. The summed E-state index contributed by atoms with van der Waals surface area (Å²) in [6, 6.07) is 10.7. The average Bonchev–Trinajstić information content (AvgIpc) is 3.27. The van der Waals surface area contributed by atoms with E-state index in [0.717, 1.165) is 30.3 Å². The van der Waals surface area contributed by atoms with Crippen molar-refractivity contribution in [3.63, 3.8) is 0 Å². The number of phenolic OH excluding ortho intramolecular Hbond substituents is 4. The topological polar surface area (TPSA) is 375 Å². The van der Waals surface area contributed by atoms with Crippen molar-refractivity contribution in [1.82, 2.24) is 0 Å². The second kappa shape index (κ2) is 19.2. The molecule has 3 fully saturated rings. The van der Waals surface area contributed by atoms with Crippen LogP contribution in [0.15, 0.2) is 69.9 Å². The van der Waals surface area contributed by atoms with E-state index in [1.807, 2.05) is 0 Å². The molecule has 23 heteroatoms. The van der Waals surface area contributed by atoms with Crippen LogP contribution in [0.4, 0.5) is 0 Å². The van der Waals surface area contributed by atoms with E-state index in [0.29, 0.717) is 5.56 Å². The van der Waals surface area contributed by atoms with Gasteiger partial charge in [-0.25, -0.2) is 4.79 Å². The number of aliphatic hydroxyl groups is 9. The Labute approximate surface area is 359 Å². The smallest absolute Gasteiger partial charge is 0.331 e. The Morgan fingerprint density at radius 3 is 2.03 bits per heavy atom. The molecule has 0 amide bonds. The molecule has 3 saturated heterocycles. The summed E-state index contributed by atoms with van der Waals surface area (Å²) in [4.78, 5) is 27.4. The lowest BCUT2D eigenvalue weighted by Gasteiger charge is -2.45. The molecule has 0 spiro atoms. The minimum atomic E-state index is -2.07. The standard InChI is InChI=1S/C41H44O23/c42-12-24-29(51)32(54)34(56)39(60-24)58-18-10-21(47)27-23(11-18)59-35(16-4-7-19(45)20(46)9-16)36(31(27)53)63-41-38(33(55)30(52)25(13-43)61-41)64-40-37(28(50)22(48)14-57-40)62-26(49)8-3-15-1-5-17(44)6-2-15/h1-11,22,24-25,28-30,32-34,37-48,50-52,54-56H,12-14H2. The molecule has 64 heavy (non-hydrogen) atoms. The molecular formula is C41H44O23. The Morgan fingerprint density at radius 1 is 0.688 bits per heavy atom. The van der Waals surface area contributed by atoms with E-state index in [1.54, 1.807) is 0 Å². The van der Waals surface area contributed by atoms with Crippen LogP contribution in [-0.4, -0.2) is 178 Å². The maximum Gasteiger partial charge on any atom is 0.331 e. The Bertz CT molecular complexity index is 2370. The minimum absolute atomic E-state index is 0.0324. The number of rotatable bonds is 12. The van der Waals surface area contributed by atoms with E-state index in [2.05, 4.69) is 0 Å². The van der Waals surface area contributed by atoms with Crippen LogP contribution in [0.3, 0.4) is 0 Å². The summed E-state index contributed by atoms with van der Waals surface area (Å²) in [7, 11) is 0. The molecule has 0 saturated carbocycles. The van der Waals surface area contributed by atoms with Gasteiger partial charge in [-0.05, 0) is 42.0 Å². The van der Waals surface area contributed by atoms with Gasteiger partial charge in [0.1, 0.15) is 83.2 Å². The molecule has 0 aliphatic carbocycles. The van der Waals surface area contributed by atoms with Gasteiger partial charge in [-0.15, -0.1) is 0 Å². The number of esters is 1. The van der Waals surface area contributed by atoms with Crippen molar-refractivity contribution in [2.45, 2.75) is 86.0 Å². The number of aliphatic hydroxyl groups excluding tert-OH is 9. The summed E-state index contributed by atoms with van der Waals surface area (Å²) in [5.74, 6) is -4.99. The van der Waals surface area contributed by atoms with Gasteiger partial charge in [-0.1, -0.05) is 12.1 Å². The normalized spacial score (nSPS) is 32.1. The van der Waals surface area contributed by atoms with Gasteiger partial charge in [0.05, 0.1) is 19.8 Å². The van der Waals surface area contributed by atoms with E-state index >= 15 is 0 Å². The fourth-order valence-corrected chi connectivity index (χ4v) is 7.09. The number of benzene rings is 3. The van der Waals surface area contributed by atoms with Crippen molar-refractivity contribution in [2.75, 3.05) is 19.8 Å². The van der Waals surface area contributed by atoms with E-state index in [9.17, 15) is 76.0 Å². The van der Waals surface area contributed by atoms with E-state index < -0.39 is 157 Å². The van der Waals surface area contributed by atoms with Crippen molar-refractivity contribution < 1.29 is 109 Å². The van der Waals surface area contributed by atoms with Gasteiger partial charge in [0.15, 0.2) is 35.8 Å². The number of carbonyl (C=O) groups excluding carboxylic acids is 1. The lowest BCUT2D eigenvalue weighted by Crippen LogP contribution is -2.64. The molecule has 346 valence electrons. The van der Waals surface area contributed by atoms with Crippen LogP contribution in [0.25, 0.3) is 28.4 Å². The molecule has 14 unspecified atom stereocenters. The third kappa shape index (κ3) is 9.43. The van der Waals surface area contributed by atoms with Gasteiger partial charge < -0.3 is 104 Å². The molecule has 0 radical (unpaired) electrons. The van der Waals surface area contributed by atoms with Crippen LogP contribution in [0.5, 0.6) is 34.5 Å². The van der Waals surface area contributed by atoms with Crippen LogP contribution in [0.1, 0.15) is 5.56 Å². The average molecular weight is 905 g/mol. The number of hydrogen-bond acceptors (Lipinski definition) is 23. The molecule has 3 aromatic carbocycles. The zero-order valence-corrected chi connectivity index (χ0v) is 33.0. The molecule has 4 heterocycles. The molecule has 13 N–H and O–H groups in total. The maximum absolute atomic E-state index is 14.4. The highest BCUT2D eigenvalue weighted by Gasteiger charge is 2.52. The summed E-state index contributed by atoms with van der Waals surface area (Å²) < 4.78 is 45.7. The van der Waals surface area contributed by atoms with Crippen LogP contribution in [-0.2, 0) is 28.5 Å². The number of phenols is 4.